The molecule has 0 radical (unpaired) electrons. The molecule has 1 aliphatic heterocycles. The Hall–Kier alpha value is -4.13. The molecule has 7 heteroatoms. The minimum Gasteiger partial charge on any atom is -0.493 e. The number of cyclic esters (lactones) is 1. The maximum atomic E-state index is 12.4. The van der Waals surface area contributed by atoms with Crippen LogP contribution >= 0.6 is 0 Å². The number of benzene rings is 2. The van der Waals surface area contributed by atoms with Gasteiger partial charge in [-0.05, 0) is 55.0 Å². The number of hydrogen-bond donors (Lipinski definition) is 0. The Labute approximate surface area is 172 Å². The zero-order chi connectivity index (χ0) is 21.1. The monoisotopic (exact) mass is 403 g/mol. The van der Waals surface area contributed by atoms with E-state index in [2.05, 4.69) is 4.99 Å². The normalized spacial score (nSPS) is 14.4. The van der Waals surface area contributed by atoms with Crippen molar-refractivity contribution in [3.8, 4) is 11.5 Å². The van der Waals surface area contributed by atoms with Gasteiger partial charge in [-0.15, -0.1) is 0 Å². The van der Waals surface area contributed by atoms with Crippen LogP contribution in [0.25, 0.3) is 6.08 Å². The van der Waals surface area contributed by atoms with Crippen LogP contribution < -0.4 is 9.47 Å². The highest BCUT2D eigenvalue weighted by molar-refractivity contribution is 6.11. The number of carbonyl (C=O) groups excluding carboxylic acids is 2. The van der Waals surface area contributed by atoms with Crippen molar-refractivity contribution in [1.29, 1.82) is 0 Å². The van der Waals surface area contributed by atoms with Gasteiger partial charge in [0.15, 0.2) is 23.0 Å². The lowest BCUT2D eigenvalue weighted by molar-refractivity contribution is -0.130. The van der Waals surface area contributed by atoms with E-state index in [-0.39, 0.29) is 17.3 Å². The van der Waals surface area contributed by atoms with E-state index in [4.69, 9.17) is 18.6 Å². The van der Waals surface area contributed by atoms with Gasteiger partial charge in [0, 0.05) is 0 Å². The average Bonchev–Trinajstić information content (AvgIpc) is 3.40. The van der Waals surface area contributed by atoms with Crippen molar-refractivity contribution in [2.24, 2.45) is 4.99 Å². The van der Waals surface area contributed by atoms with E-state index in [9.17, 15) is 9.59 Å². The minimum atomic E-state index is -0.588. The van der Waals surface area contributed by atoms with Gasteiger partial charge in [-0.1, -0.05) is 23.8 Å². The number of methoxy groups -OCH3 is 1. The minimum absolute atomic E-state index is 0.104. The number of hydrogen-bond acceptors (Lipinski definition) is 7. The number of nitrogens with zero attached hydrogens (tertiary/aromatic N) is 1. The second kappa shape index (κ2) is 8.08. The number of carbonyl (C=O) groups is 2. The summed E-state index contributed by atoms with van der Waals surface area (Å²) in [6, 6.07) is 15.3. The van der Waals surface area contributed by atoms with Gasteiger partial charge in [0.25, 0.3) is 5.90 Å². The van der Waals surface area contributed by atoms with Crippen LogP contribution in [-0.2, 0) is 9.53 Å². The molecule has 30 heavy (non-hydrogen) atoms. The van der Waals surface area contributed by atoms with Crippen LogP contribution in [0.15, 0.2) is 76.0 Å². The third-order valence-electron chi connectivity index (χ3n) is 4.33. The quantitative estimate of drug-likeness (QED) is 0.361. The van der Waals surface area contributed by atoms with E-state index in [1.54, 1.807) is 48.5 Å². The van der Waals surface area contributed by atoms with E-state index < -0.39 is 11.9 Å². The number of aryl methyl sites for hydroxylation is 1. The second-order valence-corrected chi connectivity index (χ2v) is 6.48. The summed E-state index contributed by atoms with van der Waals surface area (Å²) in [5, 5.41) is 0. The molecule has 0 bridgehead atoms. The topological polar surface area (TPSA) is 87.3 Å². The van der Waals surface area contributed by atoms with Crippen LogP contribution in [0.2, 0.25) is 0 Å². The van der Waals surface area contributed by atoms with Crippen LogP contribution in [-0.4, -0.2) is 24.9 Å². The molecule has 1 aliphatic rings. The Morgan fingerprint density at radius 1 is 1.07 bits per heavy atom. The number of esters is 2. The molecule has 0 N–H and O–H groups in total. The van der Waals surface area contributed by atoms with Crippen molar-refractivity contribution in [2.75, 3.05) is 7.11 Å². The molecule has 3 aromatic rings. The van der Waals surface area contributed by atoms with Crippen LogP contribution in [0.5, 0.6) is 11.5 Å². The van der Waals surface area contributed by atoms with Gasteiger partial charge in [-0.25, -0.2) is 14.6 Å². The molecule has 1 aromatic heterocycles. The molecule has 150 valence electrons. The Balaban J connectivity index is 1.56. The number of ether oxygens (including phenoxy) is 3. The second-order valence-electron chi connectivity index (χ2n) is 6.48. The number of furan rings is 1. The third-order valence-corrected chi connectivity index (χ3v) is 4.33. The first-order valence-corrected chi connectivity index (χ1v) is 9.07. The molecule has 0 saturated heterocycles. The van der Waals surface area contributed by atoms with Gasteiger partial charge in [0.05, 0.1) is 18.9 Å². The smallest absolute Gasteiger partial charge is 0.363 e. The highest BCUT2D eigenvalue weighted by Crippen LogP contribution is 2.30. The van der Waals surface area contributed by atoms with Crippen molar-refractivity contribution in [1.82, 2.24) is 0 Å². The summed E-state index contributed by atoms with van der Waals surface area (Å²) in [6.07, 6.45) is 3.02. The van der Waals surface area contributed by atoms with Gasteiger partial charge >= 0.3 is 11.9 Å². The SMILES string of the molecule is COc1cc(/C=C2/N=C(c3ccco3)OC2=O)ccc1OC(=O)c1ccc(C)cc1. The van der Waals surface area contributed by atoms with E-state index in [1.165, 1.54) is 13.4 Å². The molecule has 2 aromatic carbocycles. The van der Waals surface area contributed by atoms with Crippen molar-refractivity contribution >= 4 is 23.9 Å². The van der Waals surface area contributed by atoms with Crippen molar-refractivity contribution in [3.63, 3.8) is 0 Å². The van der Waals surface area contributed by atoms with E-state index in [0.717, 1.165) is 5.56 Å². The summed E-state index contributed by atoms with van der Waals surface area (Å²) in [4.78, 5) is 28.6. The van der Waals surface area contributed by atoms with Crippen molar-refractivity contribution in [3.05, 3.63) is 89.0 Å². The first-order valence-electron chi connectivity index (χ1n) is 9.07. The summed E-state index contributed by atoms with van der Waals surface area (Å²) in [6.45, 7) is 1.94. The Kier molecular flexibility index (Phi) is 5.17. The molecule has 2 heterocycles. The molecule has 0 atom stereocenters. The zero-order valence-electron chi connectivity index (χ0n) is 16.2. The van der Waals surface area contributed by atoms with Gasteiger partial charge in [0.1, 0.15) is 0 Å². The average molecular weight is 403 g/mol. The largest absolute Gasteiger partial charge is 0.493 e. The molecule has 0 amide bonds. The van der Waals surface area contributed by atoms with Gasteiger partial charge in [-0.2, -0.15) is 0 Å². The van der Waals surface area contributed by atoms with Gasteiger partial charge < -0.3 is 18.6 Å². The first kappa shape index (κ1) is 19.2. The number of rotatable bonds is 5. The lowest BCUT2D eigenvalue weighted by atomic mass is 10.1. The summed E-state index contributed by atoms with van der Waals surface area (Å²) < 4.78 is 21.1. The van der Waals surface area contributed by atoms with Crippen LogP contribution in [0.3, 0.4) is 0 Å². The Morgan fingerprint density at radius 3 is 2.57 bits per heavy atom. The molecule has 7 nitrogen and oxygen atoms in total. The Morgan fingerprint density at radius 2 is 1.87 bits per heavy atom. The van der Waals surface area contributed by atoms with Crippen LogP contribution in [0, 0.1) is 6.92 Å². The van der Waals surface area contributed by atoms with Gasteiger partial charge in [0.2, 0.25) is 0 Å². The molecule has 0 spiro atoms. The van der Waals surface area contributed by atoms with E-state index in [1.807, 2.05) is 19.1 Å². The summed E-state index contributed by atoms with van der Waals surface area (Å²) in [5.41, 5.74) is 2.22. The Bertz CT molecular complexity index is 1160. The van der Waals surface area contributed by atoms with Crippen molar-refractivity contribution in [2.45, 2.75) is 6.92 Å². The molecule has 0 saturated carbocycles. The molecular weight excluding hydrogens is 386 g/mol. The lowest BCUT2D eigenvalue weighted by Crippen LogP contribution is -2.09. The summed E-state index contributed by atoms with van der Waals surface area (Å²) >= 11 is 0. The fourth-order valence-corrected chi connectivity index (χ4v) is 2.78. The van der Waals surface area contributed by atoms with Crippen LogP contribution in [0.1, 0.15) is 27.2 Å². The third kappa shape index (κ3) is 4.00. The maximum Gasteiger partial charge on any atom is 0.363 e. The van der Waals surface area contributed by atoms with E-state index >= 15 is 0 Å². The molecule has 0 aliphatic carbocycles. The molecular formula is C23H17NO6. The lowest BCUT2D eigenvalue weighted by Gasteiger charge is -2.10. The summed E-state index contributed by atoms with van der Waals surface area (Å²) in [7, 11) is 1.46. The fourth-order valence-electron chi connectivity index (χ4n) is 2.78. The molecule has 0 fully saturated rings. The molecule has 4 rings (SSSR count). The van der Waals surface area contributed by atoms with Gasteiger partial charge in [-0.3, -0.25) is 0 Å². The first-order chi connectivity index (χ1) is 14.5. The predicted molar refractivity (Wildman–Crippen MR) is 108 cm³/mol. The highest BCUT2D eigenvalue weighted by Gasteiger charge is 2.26. The predicted octanol–water partition coefficient (Wildman–Crippen LogP) is 4.16. The summed E-state index contributed by atoms with van der Waals surface area (Å²) in [5.74, 6) is -0.0123. The standard InChI is InChI=1S/C23H17NO6/c1-14-5-8-16(9-6-14)22(25)29-18-10-7-15(13-20(18)27-2)12-17-23(26)30-21(24-17)19-4-3-11-28-19/h3-13H,1-2H3/b17-12+. The highest BCUT2D eigenvalue weighted by atomic mass is 16.6. The van der Waals surface area contributed by atoms with Crippen LogP contribution in [0.4, 0.5) is 0 Å². The van der Waals surface area contributed by atoms with E-state index in [0.29, 0.717) is 22.6 Å². The number of aliphatic imine (C=N–C) groups is 1. The fraction of sp³-hybridized carbons (Fsp3) is 0.0870. The zero-order valence-corrected chi connectivity index (χ0v) is 16.2. The molecule has 0 unspecified atom stereocenters. The van der Waals surface area contributed by atoms with Crippen molar-refractivity contribution < 1.29 is 28.2 Å². The maximum absolute atomic E-state index is 12.4.